The summed E-state index contributed by atoms with van der Waals surface area (Å²) in [6, 6.07) is 6.12. The van der Waals surface area contributed by atoms with E-state index < -0.39 is 0 Å². The molecule has 0 bridgehead atoms. The summed E-state index contributed by atoms with van der Waals surface area (Å²) in [6.07, 6.45) is 3.24. The number of hydrogen-bond donors (Lipinski definition) is 1. The van der Waals surface area contributed by atoms with Gasteiger partial charge in [0.15, 0.2) is 0 Å². The zero-order chi connectivity index (χ0) is 14.8. The Hall–Kier alpha value is -1.75. The maximum absolute atomic E-state index is 12.1. The molecule has 0 spiro atoms. The van der Waals surface area contributed by atoms with E-state index in [1.165, 1.54) is 0 Å². The van der Waals surface area contributed by atoms with E-state index in [2.05, 4.69) is 5.32 Å². The van der Waals surface area contributed by atoms with Crippen LogP contribution in [0.25, 0.3) is 0 Å². The summed E-state index contributed by atoms with van der Waals surface area (Å²) in [5.74, 6) is 0.817. The maximum atomic E-state index is 12.1. The predicted octanol–water partition coefficient (Wildman–Crippen LogP) is 2.79. The lowest BCUT2D eigenvalue weighted by Gasteiger charge is -2.19. The van der Waals surface area contributed by atoms with Crippen LogP contribution in [-0.4, -0.2) is 43.3 Å². The number of hydrogen-bond acceptors (Lipinski definition) is 3. The van der Waals surface area contributed by atoms with Crippen LogP contribution in [0.1, 0.15) is 24.8 Å². The van der Waals surface area contributed by atoms with Crippen molar-refractivity contribution in [2.75, 3.05) is 25.6 Å². The van der Waals surface area contributed by atoms with E-state index in [1.807, 2.05) is 32.2 Å². The third-order valence-electron chi connectivity index (χ3n) is 4.04. The lowest BCUT2D eigenvalue weighted by molar-refractivity contribution is 0.141. The van der Waals surface area contributed by atoms with Crippen LogP contribution in [0.3, 0.4) is 0 Å². The molecule has 1 heterocycles. The third-order valence-corrected chi connectivity index (χ3v) is 4.04. The summed E-state index contributed by atoms with van der Waals surface area (Å²) in [5.41, 5.74) is 1.84. The number of benzene rings is 1. The second-order valence-electron chi connectivity index (χ2n) is 5.86. The molecule has 5 heteroatoms. The van der Waals surface area contributed by atoms with Crippen molar-refractivity contribution in [2.24, 2.45) is 0 Å². The van der Waals surface area contributed by atoms with Gasteiger partial charge in [-0.15, -0.1) is 0 Å². The quantitative estimate of drug-likeness (QED) is 0.927. The fraction of sp³-hybridized carbons (Fsp3) is 0.562. The van der Waals surface area contributed by atoms with Crippen molar-refractivity contribution in [3.05, 3.63) is 23.8 Å². The molecular weight excluding hydrogens is 268 g/mol. The molecule has 2 amide bonds. The van der Waals surface area contributed by atoms with Crippen LogP contribution in [0.2, 0.25) is 0 Å². The van der Waals surface area contributed by atoms with E-state index in [0.29, 0.717) is 12.6 Å². The number of carbonyl (C=O) groups is 1. The SMILES string of the molecule is Cc1ccc(NC(=O)N(C)C2CC2)cc1OC1CCOC1. The summed E-state index contributed by atoms with van der Waals surface area (Å²) in [5, 5.41) is 2.93. The molecule has 1 aliphatic carbocycles. The third kappa shape index (κ3) is 3.47. The zero-order valence-electron chi connectivity index (χ0n) is 12.6. The minimum Gasteiger partial charge on any atom is -0.488 e. The van der Waals surface area contributed by atoms with Crippen molar-refractivity contribution in [3.63, 3.8) is 0 Å². The number of anilines is 1. The number of amides is 2. The minimum absolute atomic E-state index is 0.0588. The van der Waals surface area contributed by atoms with Gasteiger partial charge in [0.25, 0.3) is 0 Å². The fourth-order valence-corrected chi connectivity index (χ4v) is 2.43. The average molecular weight is 290 g/mol. The van der Waals surface area contributed by atoms with Crippen molar-refractivity contribution in [3.8, 4) is 5.75 Å². The van der Waals surface area contributed by atoms with Gasteiger partial charge in [0, 0.05) is 31.3 Å². The largest absolute Gasteiger partial charge is 0.488 e. The molecule has 1 aromatic rings. The lowest BCUT2D eigenvalue weighted by Crippen LogP contribution is -2.33. The first-order valence-electron chi connectivity index (χ1n) is 7.52. The monoisotopic (exact) mass is 290 g/mol. The number of urea groups is 1. The summed E-state index contributed by atoms with van der Waals surface area (Å²) >= 11 is 0. The lowest BCUT2D eigenvalue weighted by atomic mass is 10.2. The van der Waals surface area contributed by atoms with E-state index in [9.17, 15) is 4.79 Å². The number of nitrogens with one attached hydrogen (secondary N) is 1. The van der Waals surface area contributed by atoms with E-state index in [0.717, 1.165) is 42.9 Å². The molecule has 21 heavy (non-hydrogen) atoms. The number of ether oxygens (including phenoxy) is 2. The topological polar surface area (TPSA) is 50.8 Å². The first-order valence-corrected chi connectivity index (χ1v) is 7.52. The van der Waals surface area contributed by atoms with Crippen LogP contribution in [-0.2, 0) is 4.74 Å². The Morgan fingerprint density at radius 2 is 2.19 bits per heavy atom. The van der Waals surface area contributed by atoms with E-state index in [4.69, 9.17) is 9.47 Å². The highest BCUT2D eigenvalue weighted by Gasteiger charge is 2.29. The number of nitrogens with zero attached hydrogens (tertiary/aromatic N) is 1. The van der Waals surface area contributed by atoms with Crippen molar-refractivity contribution in [2.45, 2.75) is 38.3 Å². The van der Waals surface area contributed by atoms with Gasteiger partial charge in [-0.2, -0.15) is 0 Å². The Morgan fingerprint density at radius 1 is 1.38 bits per heavy atom. The van der Waals surface area contributed by atoms with Gasteiger partial charge in [-0.3, -0.25) is 0 Å². The van der Waals surface area contributed by atoms with Crippen LogP contribution < -0.4 is 10.1 Å². The van der Waals surface area contributed by atoms with Crippen LogP contribution in [0.5, 0.6) is 5.75 Å². The summed E-state index contributed by atoms with van der Waals surface area (Å²) in [6.45, 7) is 3.40. The Balaban J connectivity index is 1.66. The Morgan fingerprint density at radius 3 is 2.86 bits per heavy atom. The number of aryl methyl sites for hydroxylation is 1. The maximum Gasteiger partial charge on any atom is 0.321 e. The standard InChI is InChI=1S/C16H22N2O3/c1-11-3-4-12(17-16(19)18(2)13-5-6-13)9-15(11)21-14-7-8-20-10-14/h3-4,9,13-14H,5-8,10H2,1-2H3,(H,17,19). The smallest absolute Gasteiger partial charge is 0.321 e. The molecule has 5 nitrogen and oxygen atoms in total. The molecule has 1 atom stereocenters. The first-order chi connectivity index (χ1) is 10.1. The molecule has 1 aliphatic heterocycles. The summed E-state index contributed by atoms with van der Waals surface area (Å²) in [4.78, 5) is 13.9. The van der Waals surface area contributed by atoms with Crippen molar-refractivity contribution in [1.82, 2.24) is 4.90 Å². The van der Waals surface area contributed by atoms with E-state index >= 15 is 0 Å². The number of rotatable bonds is 4. The van der Waals surface area contributed by atoms with Gasteiger partial charge >= 0.3 is 6.03 Å². The van der Waals surface area contributed by atoms with E-state index in [1.54, 1.807) is 4.90 Å². The van der Waals surface area contributed by atoms with Gasteiger partial charge < -0.3 is 19.7 Å². The molecule has 3 rings (SSSR count). The van der Waals surface area contributed by atoms with Crippen LogP contribution >= 0.6 is 0 Å². The van der Waals surface area contributed by atoms with Gasteiger partial charge in [0.05, 0.1) is 13.2 Å². The van der Waals surface area contributed by atoms with Crippen LogP contribution in [0.4, 0.5) is 10.5 Å². The number of carbonyl (C=O) groups excluding carboxylic acids is 1. The van der Waals surface area contributed by atoms with Crippen molar-refractivity contribution >= 4 is 11.7 Å². The van der Waals surface area contributed by atoms with Crippen LogP contribution in [0, 0.1) is 6.92 Å². The zero-order valence-corrected chi connectivity index (χ0v) is 12.6. The molecule has 114 valence electrons. The predicted molar refractivity (Wildman–Crippen MR) is 80.8 cm³/mol. The Bertz CT molecular complexity index is 522. The highest BCUT2D eigenvalue weighted by molar-refractivity contribution is 5.89. The van der Waals surface area contributed by atoms with Crippen molar-refractivity contribution < 1.29 is 14.3 Å². The fourth-order valence-electron chi connectivity index (χ4n) is 2.43. The molecule has 2 fully saturated rings. The second-order valence-corrected chi connectivity index (χ2v) is 5.86. The Labute approximate surface area is 125 Å². The molecule has 0 radical (unpaired) electrons. The molecule has 1 N–H and O–H groups in total. The summed E-state index contributed by atoms with van der Waals surface area (Å²) in [7, 11) is 1.84. The highest BCUT2D eigenvalue weighted by atomic mass is 16.5. The summed E-state index contributed by atoms with van der Waals surface area (Å²) < 4.78 is 11.3. The van der Waals surface area contributed by atoms with Gasteiger partial charge in [0.2, 0.25) is 0 Å². The Kier molecular flexibility index (Phi) is 4.01. The molecule has 1 saturated carbocycles. The average Bonchev–Trinajstić information content (AvgIpc) is 3.20. The molecule has 2 aliphatic rings. The van der Waals surface area contributed by atoms with Gasteiger partial charge in [-0.1, -0.05) is 6.07 Å². The van der Waals surface area contributed by atoms with E-state index in [-0.39, 0.29) is 12.1 Å². The highest BCUT2D eigenvalue weighted by Crippen LogP contribution is 2.28. The molecule has 1 saturated heterocycles. The molecule has 1 aromatic carbocycles. The van der Waals surface area contributed by atoms with Crippen LogP contribution in [0.15, 0.2) is 18.2 Å². The minimum atomic E-state index is -0.0588. The normalized spacial score (nSPS) is 21.1. The second kappa shape index (κ2) is 5.93. The molecular formula is C16H22N2O3. The molecule has 0 aromatic heterocycles. The molecule has 1 unspecified atom stereocenters. The first kappa shape index (κ1) is 14.2. The van der Waals surface area contributed by atoms with Crippen molar-refractivity contribution in [1.29, 1.82) is 0 Å². The van der Waals surface area contributed by atoms with Gasteiger partial charge in [0.1, 0.15) is 11.9 Å². The van der Waals surface area contributed by atoms with Gasteiger partial charge in [-0.05, 0) is 31.4 Å². The van der Waals surface area contributed by atoms with Gasteiger partial charge in [-0.25, -0.2) is 4.79 Å².